The van der Waals surface area contributed by atoms with E-state index in [1.165, 1.54) is 17.7 Å². The fourth-order valence-electron chi connectivity index (χ4n) is 2.70. The third-order valence-electron chi connectivity index (χ3n) is 4.29. The Morgan fingerprint density at radius 1 is 1.38 bits per heavy atom. The maximum Gasteiger partial charge on any atom is 0.185 e. The number of sulfone groups is 1. The first-order chi connectivity index (χ1) is 9.98. The van der Waals surface area contributed by atoms with Crippen LogP contribution in [0.5, 0.6) is 0 Å². The molecule has 1 unspecified atom stereocenters. The van der Waals surface area contributed by atoms with E-state index < -0.39 is 9.84 Å². The predicted molar refractivity (Wildman–Crippen MR) is 86.8 cm³/mol. The zero-order chi connectivity index (χ0) is 15.0. The van der Waals surface area contributed by atoms with Crippen LogP contribution in [0.4, 0.5) is 5.13 Å². The van der Waals surface area contributed by atoms with Crippen molar-refractivity contribution in [2.45, 2.75) is 51.2 Å². The minimum Gasteiger partial charge on any atom is -0.347 e. The first kappa shape index (κ1) is 15.2. The van der Waals surface area contributed by atoms with Gasteiger partial charge in [-0.15, -0.1) is 11.3 Å². The van der Waals surface area contributed by atoms with Crippen molar-refractivity contribution in [2.75, 3.05) is 23.5 Å². The molecule has 2 heterocycles. The van der Waals surface area contributed by atoms with Crippen LogP contribution in [-0.2, 0) is 22.8 Å². The number of anilines is 1. The summed E-state index contributed by atoms with van der Waals surface area (Å²) in [6.45, 7) is 3.02. The molecule has 1 aliphatic heterocycles. The summed E-state index contributed by atoms with van der Waals surface area (Å²) in [6, 6.07) is 0.771. The molecule has 5 nitrogen and oxygen atoms in total. The summed E-state index contributed by atoms with van der Waals surface area (Å²) in [6.07, 6.45) is 4.21. The second kappa shape index (κ2) is 5.85. The molecule has 2 fully saturated rings. The highest BCUT2D eigenvalue weighted by Gasteiger charge is 2.32. The van der Waals surface area contributed by atoms with Gasteiger partial charge in [0.1, 0.15) is 0 Å². The van der Waals surface area contributed by atoms with Gasteiger partial charge in [-0.05, 0) is 25.7 Å². The monoisotopic (exact) mass is 329 g/mol. The standard InChI is InChI=1S/C14H23N3O2S2/c1-3-12-13(8-15-10-4-5-10)20-14(16-12)17(2)11-6-7-21(18,19)9-11/h10-11,15H,3-9H2,1-2H3. The Hall–Kier alpha value is -0.660. The van der Waals surface area contributed by atoms with Gasteiger partial charge in [0.15, 0.2) is 15.0 Å². The van der Waals surface area contributed by atoms with E-state index in [9.17, 15) is 8.42 Å². The lowest BCUT2D eigenvalue weighted by Gasteiger charge is -2.22. The summed E-state index contributed by atoms with van der Waals surface area (Å²) in [5.41, 5.74) is 1.15. The number of nitrogens with one attached hydrogen (secondary N) is 1. The smallest absolute Gasteiger partial charge is 0.185 e. The first-order valence-electron chi connectivity index (χ1n) is 7.63. The molecule has 0 aromatic carbocycles. The molecule has 1 aliphatic carbocycles. The van der Waals surface area contributed by atoms with E-state index in [1.807, 2.05) is 7.05 Å². The summed E-state index contributed by atoms with van der Waals surface area (Å²) >= 11 is 1.71. The largest absolute Gasteiger partial charge is 0.347 e. The number of thiazole rings is 1. The number of rotatable bonds is 6. The summed E-state index contributed by atoms with van der Waals surface area (Å²) in [5.74, 6) is 0.574. The van der Waals surface area contributed by atoms with Gasteiger partial charge >= 0.3 is 0 Å². The van der Waals surface area contributed by atoms with Crippen LogP contribution in [0, 0.1) is 0 Å². The van der Waals surface area contributed by atoms with Crippen LogP contribution in [0.3, 0.4) is 0 Å². The Morgan fingerprint density at radius 3 is 2.71 bits per heavy atom. The minimum atomic E-state index is -2.85. The van der Waals surface area contributed by atoms with Gasteiger partial charge in [-0.3, -0.25) is 0 Å². The van der Waals surface area contributed by atoms with Crippen molar-refractivity contribution < 1.29 is 8.42 Å². The van der Waals surface area contributed by atoms with Crippen molar-refractivity contribution in [1.29, 1.82) is 0 Å². The maximum absolute atomic E-state index is 11.6. The van der Waals surface area contributed by atoms with Crippen molar-refractivity contribution in [3.8, 4) is 0 Å². The average Bonchev–Trinajstić information content (AvgIpc) is 3.07. The number of aromatic nitrogens is 1. The van der Waals surface area contributed by atoms with Gasteiger partial charge < -0.3 is 10.2 Å². The van der Waals surface area contributed by atoms with Crippen LogP contribution in [0.2, 0.25) is 0 Å². The number of hydrogen-bond acceptors (Lipinski definition) is 6. The van der Waals surface area contributed by atoms with Crippen molar-refractivity contribution in [3.05, 3.63) is 10.6 Å². The fraction of sp³-hybridized carbons (Fsp3) is 0.786. The zero-order valence-corrected chi connectivity index (χ0v) is 14.3. The summed E-state index contributed by atoms with van der Waals surface area (Å²) in [4.78, 5) is 8.09. The summed E-state index contributed by atoms with van der Waals surface area (Å²) in [5, 5.41) is 4.50. The molecular formula is C14H23N3O2S2. The third kappa shape index (κ3) is 3.57. The van der Waals surface area contributed by atoms with E-state index in [-0.39, 0.29) is 11.8 Å². The fourth-order valence-corrected chi connectivity index (χ4v) is 5.60. The molecule has 1 saturated heterocycles. The molecule has 0 amide bonds. The molecule has 7 heteroatoms. The van der Waals surface area contributed by atoms with Crippen molar-refractivity contribution in [2.24, 2.45) is 0 Å². The molecule has 1 N–H and O–H groups in total. The molecule has 0 radical (unpaired) electrons. The van der Waals surface area contributed by atoms with Gasteiger partial charge in [-0.2, -0.15) is 0 Å². The topological polar surface area (TPSA) is 62.3 Å². The Bertz CT molecular complexity index is 608. The van der Waals surface area contributed by atoms with Crippen LogP contribution in [0.1, 0.15) is 36.8 Å². The lowest BCUT2D eigenvalue weighted by atomic mass is 10.2. The van der Waals surface area contributed by atoms with Gasteiger partial charge in [0.2, 0.25) is 0 Å². The molecule has 1 saturated carbocycles. The zero-order valence-electron chi connectivity index (χ0n) is 12.6. The SMILES string of the molecule is CCc1nc(N(C)C2CCS(=O)(=O)C2)sc1CNC1CC1. The third-order valence-corrected chi connectivity index (χ3v) is 7.23. The highest BCUT2D eigenvalue weighted by atomic mass is 32.2. The Labute approximate surface area is 130 Å². The van der Waals surface area contributed by atoms with Crippen LogP contribution < -0.4 is 10.2 Å². The van der Waals surface area contributed by atoms with Gasteiger partial charge in [-0.25, -0.2) is 13.4 Å². The molecule has 1 aromatic rings. The van der Waals surface area contributed by atoms with Gasteiger partial charge in [0.05, 0.1) is 17.2 Å². The molecule has 2 aliphatic rings. The summed E-state index contributed by atoms with van der Waals surface area (Å²) in [7, 11) is -0.874. The molecule has 118 valence electrons. The van der Waals surface area contributed by atoms with E-state index in [0.29, 0.717) is 11.8 Å². The lowest BCUT2D eigenvalue weighted by Crippen LogP contribution is -2.32. The normalized spacial score (nSPS) is 24.4. The van der Waals surface area contributed by atoms with Crippen LogP contribution in [0.25, 0.3) is 0 Å². The summed E-state index contributed by atoms with van der Waals surface area (Å²) < 4.78 is 23.3. The van der Waals surface area contributed by atoms with Crippen LogP contribution in [-0.4, -0.2) is 44.0 Å². The van der Waals surface area contributed by atoms with Crippen molar-refractivity contribution in [1.82, 2.24) is 10.3 Å². The van der Waals surface area contributed by atoms with E-state index in [0.717, 1.165) is 30.2 Å². The van der Waals surface area contributed by atoms with Gasteiger partial charge in [-0.1, -0.05) is 6.92 Å². The maximum atomic E-state index is 11.6. The van der Waals surface area contributed by atoms with E-state index in [1.54, 1.807) is 11.3 Å². The Morgan fingerprint density at radius 2 is 2.14 bits per heavy atom. The van der Waals surface area contributed by atoms with Gasteiger partial charge in [0.25, 0.3) is 0 Å². The quantitative estimate of drug-likeness (QED) is 0.858. The second-order valence-electron chi connectivity index (χ2n) is 6.04. The minimum absolute atomic E-state index is 0.0788. The first-order valence-corrected chi connectivity index (χ1v) is 10.3. The highest BCUT2D eigenvalue weighted by Crippen LogP contribution is 2.30. The molecular weight excluding hydrogens is 306 g/mol. The molecule has 1 atom stereocenters. The number of hydrogen-bond donors (Lipinski definition) is 1. The molecule has 0 bridgehead atoms. The molecule has 0 spiro atoms. The van der Waals surface area contributed by atoms with Crippen LogP contribution in [0.15, 0.2) is 0 Å². The highest BCUT2D eigenvalue weighted by molar-refractivity contribution is 7.91. The number of nitrogens with zero attached hydrogens (tertiary/aromatic N) is 2. The number of aryl methyl sites for hydroxylation is 1. The molecule has 1 aromatic heterocycles. The van der Waals surface area contributed by atoms with E-state index in [2.05, 4.69) is 17.1 Å². The van der Waals surface area contributed by atoms with E-state index >= 15 is 0 Å². The molecule has 21 heavy (non-hydrogen) atoms. The average molecular weight is 329 g/mol. The molecule has 3 rings (SSSR count). The van der Waals surface area contributed by atoms with Gasteiger partial charge in [0, 0.05) is 30.6 Å². The van der Waals surface area contributed by atoms with Crippen molar-refractivity contribution in [3.63, 3.8) is 0 Å². The Balaban J connectivity index is 1.71. The lowest BCUT2D eigenvalue weighted by molar-refractivity contribution is 0.601. The Kier molecular flexibility index (Phi) is 4.25. The van der Waals surface area contributed by atoms with E-state index in [4.69, 9.17) is 4.98 Å². The second-order valence-corrected chi connectivity index (χ2v) is 9.33. The van der Waals surface area contributed by atoms with Crippen LogP contribution >= 0.6 is 11.3 Å². The predicted octanol–water partition coefficient (Wildman–Crippen LogP) is 1.58. The van der Waals surface area contributed by atoms with Crippen molar-refractivity contribution >= 4 is 26.3 Å².